The van der Waals surface area contributed by atoms with Gasteiger partial charge in [-0.25, -0.2) is 0 Å². The molecule has 3 fully saturated rings. The highest BCUT2D eigenvalue weighted by Crippen LogP contribution is 2.33. The lowest BCUT2D eigenvalue weighted by Gasteiger charge is -2.24. The monoisotopic (exact) mass is 252 g/mol. The topological polar surface area (TPSA) is 50.4 Å². The Labute approximate surface area is 109 Å². The van der Waals surface area contributed by atoms with Gasteiger partial charge in [-0.2, -0.15) is 0 Å². The summed E-state index contributed by atoms with van der Waals surface area (Å²) in [5.41, 5.74) is 0. The summed E-state index contributed by atoms with van der Waals surface area (Å²) in [5.74, 6) is 1.47. The zero-order valence-corrected chi connectivity index (χ0v) is 11.0. The zero-order chi connectivity index (χ0) is 12.4. The average molecular weight is 252 g/mol. The first kappa shape index (κ1) is 12.4. The van der Waals surface area contributed by atoms with Crippen LogP contribution in [-0.4, -0.2) is 37.7 Å². The number of ether oxygens (including phenoxy) is 1. The van der Waals surface area contributed by atoms with Crippen LogP contribution < -0.4 is 10.6 Å². The van der Waals surface area contributed by atoms with Crippen molar-refractivity contribution in [3.05, 3.63) is 0 Å². The molecule has 0 aromatic heterocycles. The highest BCUT2D eigenvalue weighted by atomic mass is 16.5. The van der Waals surface area contributed by atoms with Gasteiger partial charge in [0.2, 0.25) is 5.91 Å². The van der Waals surface area contributed by atoms with Crippen molar-refractivity contribution in [3.8, 4) is 0 Å². The third-order valence-corrected chi connectivity index (χ3v) is 4.77. The Morgan fingerprint density at radius 3 is 2.94 bits per heavy atom. The van der Waals surface area contributed by atoms with E-state index < -0.39 is 0 Å². The second-order valence-corrected chi connectivity index (χ2v) is 6.08. The first-order valence-electron chi connectivity index (χ1n) is 7.44. The number of carbonyl (C=O) groups is 1. The number of amides is 1. The van der Waals surface area contributed by atoms with E-state index in [2.05, 4.69) is 10.6 Å². The Hall–Kier alpha value is -0.610. The number of fused-ring (bicyclic) bond motifs is 1. The van der Waals surface area contributed by atoms with Gasteiger partial charge in [0.15, 0.2) is 0 Å². The van der Waals surface area contributed by atoms with E-state index in [1.807, 2.05) is 0 Å². The molecule has 1 saturated carbocycles. The summed E-state index contributed by atoms with van der Waals surface area (Å²) in [6, 6.07) is 0.657. The molecule has 3 rings (SSSR count). The molecule has 0 radical (unpaired) electrons. The molecule has 4 atom stereocenters. The first-order chi connectivity index (χ1) is 8.83. The van der Waals surface area contributed by atoms with Crippen molar-refractivity contribution in [2.75, 3.05) is 19.8 Å². The number of rotatable bonds is 3. The molecule has 0 aromatic rings. The molecule has 2 N–H and O–H groups in total. The highest BCUT2D eigenvalue weighted by molar-refractivity contribution is 5.82. The molecule has 4 unspecified atom stereocenters. The quantitative estimate of drug-likeness (QED) is 0.789. The van der Waals surface area contributed by atoms with Gasteiger partial charge in [0, 0.05) is 25.1 Å². The Morgan fingerprint density at radius 1 is 1.28 bits per heavy atom. The van der Waals surface area contributed by atoms with E-state index in [-0.39, 0.29) is 11.9 Å². The minimum atomic E-state index is 0.0559. The van der Waals surface area contributed by atoms with Gasteiger partial charge in [-0.15, -0.1) is 0 Å². The molecular formula is C14H24N2O2. The van der Waals surface area contributed by atoms with E-state index >= 15 is 0 Å². The Kier molecular flexibility index (Phi) is 3.85. The maximum absolute atomic E-state index is 12.1. The molecule has 102 valence electrons. The van der Waals surface area contributed by atoms with Gasteiger partial charge in [0.1, 0.15) is 0 Å². The van der Waals surface area contributed by atoms with Gasteiger partial charge in [0.25, 0.3) is 0 Å². The molecule has 4 nitrogen and oxygen atoms in total. The summed E-state index contributed by atoms with van der Waals surface area (Å²) in [4.78, 5) is 12.1. The van der Waals surface area contributed by atoms with Gasteiger partial charge < -0.3 is 15.4 Å². The van der Waals surface area contributed by atoms with Crippen LogP contribution in [0.15, 0.2) is 0 Å². The van der Waals surface area contributed by atoms with Crippen LogP contribution in [0.5, 0.6) is 0 Å². The van der Waals surface area contributed by atoms with E-state index in [1.165, 1.54) is 25.7 Å². The molecule has 2 aliphatic heterocycles. The Balaban J connectivity index is 1.45. The molecule has 18 heavy (non-hydrogen) atoms. The molecule has 1 aliphatic carbocycles. The third kappa shape index (κ3) is 2.69. The fourth-order valence-electron chi connectivity index (χ4n) is 3.63. The van der Waals surface area contributed by atoms with Crippen LogP contribution in [0.25, 0.3) is 0 Å². The number of hydrogen-bond donors (Lipinski definition) is 2. The SMILES string of the molecule is O=C(NCC1CCOC1)C1CC2CCCCC2N1. The average Bonchev–Trinajstić information content (AvgIpc) is 3.04. The summed E-state index contributed by atoms with van der Waals surface area (Å²) in [6.45, 7) is 2.45. The summed E-state index contributed by atoms with van der Waals surface area (Å²) >= 11 is 0. The van der Waals surface area contributed by atoms with Crippen LogP contribution in [0.3, 0.4) is 0 Å². The summed E-state index contributed by atoms with van der Waals surface area (Å²) in [5, 5.41) is 6.62. The van der Waals surface area contributed by atoms with Crippen molar-refractivity contribution in [2.24, 2.45) is 11.8 Å². The van der Waals surface area contributed by atoms with Gasteiger partial charge in [-0.05, 0) is 31.6 Å². The van der Waals surface area contributed by atoms with Gasteiger partial charge in [-0.3, -0.25) is 4.79 Å². The number of carbonyl (C=O) groups excluding carboxylic acids is 1. The predicted octanol–water partition coefficient (Wildman–Crippen LogP) is 1.06. The lowest BCUT2D eigenvalue weighted by atomic mass is 9.85. The third-order valence-electron chi connectivity index (χ3n) is 4.77. The molecular weight excluding hydrogens is 228 g/mol. The standard InChI is InChI=1S/C14H24N2O2/c17-14(15-8-10-5-6-18-9-10)13-7-11-3-1-2-4-12(11)16-13/h10-13,16H,1-9H2,(H,15,17). The van der Waals surface area contributed by atoms with E-state index in [4.69, 9.17) is 4.74 Å². The zero-order valence-electron chi connectivity index (χ0n) is 11.0. The number of nitrogens with one attached hydrogen (secondary N) is 2. The summed E-state index contributed by atoms with van der Waals surface area (Å²) < 4.78 is 5.33. The number of hydrogen-bond acceptors (Lipinski definition) is 3. The molecule has 0 spiro atoms. The second kappa shape index (κ2) is 5.57. The second-order valence-electron chi connectivity index (χ2n) is 6.08. The van der Waals surface area contributed by atoms with Gasteiger partial charge in [-0.1, -0.05) is 12.8 Å². The molecule has 1 amide bonds. The van der Waals surface area contributed by atoms with Crippen molar-refractivity contribution in [3.63, 3.8) is 0 Å². The van der Waals surface area contributed by atoms with Crippen LogP contribution in [0.1, 0.15) is 38.5 Å². The lowest BCUT2D eigenvalue weighted by molar-refractivity contribution is -0.123. The molecule has 2 heterocycles. The minimum Gasteiger partial charge on any atom is -0.381 e. The minimum absolute atomic E-state index is 0.0559. The lowest BCUT2D eigenvalue weighted by Crippen LogP contribution is -2.44. The van der Waals surface area contributed by atoms with Crippen LogP contribution in [-0.2, 0) is 9.53 Å². The molecule has 0 aromatic carbocycles. The van der Waals surface area contributed by atoms with Crippen molar-refractivity contribution in [2.45, 2.75) is 50.6 Å². The van der Waals surface area contributed by atoms with Crippen molar-refractivity contribution in [1.82, 2.24) is 10.6 Å². The summed E-state index contributed by atoms with van der Waals surface area (Å²) in [7, 11) is 0. The molecule has 0 bridgehead atoms. The molecule has 4 heteroatoms. The first-order valence-corrected chi connectivity index (χ1v) is 7.44. The molecule has 2 saturated heterocycles. The fraction of sp³-hybridized carbons (Fsp3) is 0.929. The van der Waals surface area contributed by atoms with Crippen LogP contribution in [0, 0.1) is 11.8 Å². The fourth-order valence-corrected chi connectivity index (χ4v) is 3.63. The highest BCUT2D eigenvalue weighted by Gasteiger charge is 2.38. The van der Waals surface area contributed by atoms with E-state index in [0.29, 0.717) is 12.0 Å². The van der Waals surface area contributed by atoms with E-state index in [9.17, 15) is 4.79 Å². The van der Waals surface area contributed by atoms with Crippen LogP contribution in [0.2, 0.25) is 0 Å². The normalized spacial score (nSPS) is 39.6. The van der Waals surface area contributed by atoms with Crippen LogP contribution in [0.4, 0.5) is 0 Å². The van der Waals surface area contributed by atoms with Gasteiger partial charge in [0.05, 0.1) is 12.6 Å². The Bertz CT molecular complexity index is 288. The van der Waals surface area contributed by atoms with E-state index in [0.717, 1.165) is 38.5 Å². The maximum atomic E-state index is 12.1. The Morgan fingerprint density at radius 2 is 2.17 bits per heavy atom. The van der Waals surface area contributed by atoms with Crippen LogP contribution >= 0.6 is 0 Å². The van der Waals surface area contributed by atoms with Crippen molar-refractivity contribution < 1.29 is 9.53 Å². The summed E-state index contributed by atoms with van der Waals surface area (Å²) in [6.07, 6.45) is 7.35. The van der Waals surface area contributed by atoms with Crippen molar-refractivity contribution in [1.29, 1.82) is 0 Å². The largest absolute Gasteiger partial charge is 0.381 e. The smallest absolute Gasteiger partial charge is 0.237 e. The van der Waals surface area contributed by atoms with E-state index in [1.54, 1.807) is 0 Å². The van der Waals surface area contributed by atoms with Crippen molar-refractivity contribution >= 4 is 5.91 Å². The predicted molar refractivity (Wildman–Crippen MR) is 69.2 cm³/mol. The maximum Gasteiger partial charge on any atom is 0.237 e. The van der Waals surface area contributed by atoms with Gasteiger partial charge >= 0.3 is 0 Å². The molecule has 3 aliphatic rings.